The molecule has 31 heavy (non-hydrogen) atoms. The summed E-state index contributed by atoms with van der Waals surface area (Å²) in [6.07, 6.45) is 4.68. The van der Waals surface area contributed by atoms with Crippen molar-refractivity contribution in [2.45, 2.75) is 12.8 Å². The number of carbonyl (C=O) groups excluding carboxylic acids is 1. The van der Waals surface area contributed by atoms with E-state index >= 15 is 0 Å². The number of methoxy groups -OCH3 is 2. The highest BCUT2D eigenvalue weighted by molar-refractivity contribution is 7.14. The van der Waals surface area contributed by atoms with Crippen LogP contribution in [0.5, 0.6) is 11.5 Å². The zero-order valence-corrected chi connectivity index (χ0v) is 18.1. The van der Waals surface area contributed by atoms with E-state index in [4.69, 9.17) is 9.47 Å². The summed E-state index contributed by atoms with van der Waals surface area (Å²) in [5.74, 6) is 1.29. The molecule has 2 aromatic heterocycles. The number of anilines is 1. The molecular formula is C23H22N4O3S. The van der Waals surface area contributed by atoms with Crippen LogP contribution in [0, 0.1) is 0 Å². The topological polar surface area (TPSA) is 78.3 Å². The summed E-state index contributed by atoms with van der Waals surface area (Å²) in [6, 6.07) is 15.4. The number of para-hydroxylation sites is 1. The summed E-state index contributed by atoms with van der Waals surface area (Å²) in [7, 11) is 3.21. The largest absolute Gasteiger partial charge is 0.497 e. The number of nitrogens with zero attached hydrogens (tertiary/aromatic N) is 3. The van der Waals surface area contributed by atoms with E-state index in [1.54, 1.807) is 20.4 Å². The number of carbonyl (C=O) groups is 1. The van der Waals surface area contributed by atoms with Crippen LogP contribution in [0.15, 0.2) is 66.3 Å². The van der Waals surface area contributed by atoms with Crippen molar-refractivity contribution in [3.8, 4) is 28.4 Å². The van der Waals surface area contributed by atoms with Gasteiger partial charge in [-0.05, 0) is 36.2 Å². The van der Waals surface area contributed by atoms with Crippen LogP contribution in [0.1, 0.15) is 12.0 Å². The molecule has 0 spiro atoms. The summed E-state index contributed by atoms with van der Waals surface area (Å²) in [6.45, 7) is 0. The Bertz CT molecular complexity index is 1170. The van der Waals surface area contributed by atoms with Gasteiger partial charge in [-0.3, -0.25) is 4.79 Å². The van der Waals surface area contributed by atoms with E-state index in [1.807, 2.05) is 64.8 Å². The van der Waals surface area contributed by atoms with Crippen LogP contribution < -0.4 is 14.8 Å². The number of ether oxygens (including phenoxy) is 2. The Morgan fingerprint density at radius 2 is 1.97 bits per heavy atom. The molecule has 0 fully saturated rings. The highest BCUT2D eigenvalue weighted by atomic mass is 32.1. The molecule has 1 amide bonds. The number of benzene rings is 2. The lowest BCUT2D eigenvalue weighted by Gasteiger charge is -2.08. The molecule has 4 aromatic rings. The number of amides is 1. The van der Waals surface area contributed by atoms with Crippen LogP contribution >= 0.6 is 11.3 Å². The molecule has 8 heteroatoms. The van der Waals surface area contributed by atoms with Crippen LogP contribution in [0.2, 0.25) is 0 Å². The van der Waals surface area contributed by atoms with E-state index in [-0.39, 0.29) is 5.91 Å². The molecule has 0 aliphatic rings. The average Bonchev–Trinajstić information content (AvgIpc) is 3.47. The summed E-state index contributed by atoms with van der Waals surface area (Å²) in [4.78, 5) is 16.9. The van der Waals surface area contributed by atoms with Crippen molar-refractivity contribution in [3.05, 3.63) is 71.9 Å². The minimum Gasteiger partial charge on any atom is -0.497 e. The number of nitrogens with one attached hydrogen (secondary N) is 1. The van der Waals surface area contributed by atoms with Gasteiger partial charge in [0, 0.05) is 29.6 Å². The van der Waals surface area contributed by atoms with E-state index < -0.39 is 0 Å². The first-order valence-corrected chi connectivity index (χ1v) is 10.6. The van der Waals surface area contributed by atoms with Gasteiger partial charge in [-0.25, -0.2) is 9.67 Å². The first-order valence-electron chi connectivity index (χ1n) is 9.73. The summed E-state index contributed by atoms with van der Waals surface area (Å²) >= 11 is 1.38. The Kier molecular flexibility index (Phi) is 6.28. The van der Waals surface area contributed by atoms with E-state index in [1.165, 1.54) is 11.3 Å². The van der Waals surface area contributed by atoms with Crippen LogP contribution in [0.4, 0.5) is 5.13 Å². The minimum atomic E-state index is -0.0879. The Labute approximate surface area is 184 Å². The lowest BCUT2D eigenvalue weighted by atomic mass is 10.1. The fraction of sp³-hybridized carbons (Fsp3) is 0.174. The second-order valence-corrected chi connectivity index (χ2v) is 7.64. The molecule has 2 aromatic carbocycles. The minimum absolute atomic E-state index is 0.0879. The second kappa shape index (κ2) is 9.44. The van der Waals surface area contributed by atoms with Gasteiger partial charge in [0.15, 0.2) is 5.13 Å². The van der Waals surface area contributed by atoms with Crippen molar-refractivity contribution in [1.82, 2.24) is 14.8 Å². The molecule has 0 aliphatic carbocycles. The molecular weight excluding hydrogens is 412 g/mol. The number of rotatable bonds is 8. The number of aromatic nitrogens is 3. The molecule has 0 unspecified atom stereocenters. The van der Waals surface area contributed by atoms with Crippen LogP contribution in [-0.4, -0.2) is 34.9 Å². The summed E-state index contributed by atoms with van der Waals surface area (Å²) in [5.41, 5.74) is 3.57. The Hall–Kier alpha value is -3.65. The molecule has 0 atom stereocenters. The third-order valence-corrected chi connectivity index (χ3v) is 5.49. The number of aryl methyl sites for hydroxylation is 1. The molecule has 2 heterocycles. The molecule has 0 aliphatic heterocycles. The van der Waals surface area contributed by atoms with Crippen LogP contribution in [0.3, 0.4) is 0 Å². The van der Waals surface area contributed by atoms with Crippen LogP contribution in [-0.2, 0) is 11.2 Å². The van der Waals surface area contributed by atoms with Crippen molar-refractivity contribution < 1.29 is 14.3 Å². The molecule has 0 saturated heterocycles. The second-order valence-electron chi connectivity index (χ2n) is 6.78. The quantitative estimate of drug-likeness (QED) is 0.439. The van der Waals surface area contributed by atoms with Crippen molar-refractivity contribution in [2.24, 2.45) is 0 Å². The third kappa shape index (κ3) is 4.92. The van der Waals surface area contributed by atoms with Gasteiger partial charge in [0.05, 0.1) is 31.8 Å². The van der Waals surface area contributed by atoms with Crippen molar-refractivity contribution in [3.63, 3.8) is 0 Å². The van der Waals surface area contributed by atoms with Crippen molar-refractivity contribution in [1.29, 1.82) is 0 Å². The third-order valence-electron chi connectivity index (χ3n) is 4.73. The predicted molar refractivity (Wildman–Crippen MR) is 121 cm³/mol. The molecule has 0 saturated carbocycles. The molecule has 158 valence electrons. The van der Waals surface area contributed by atoms with Gasteiger partial charge < -0.3 is 14.8 Å². The maximum atomic E-state index is 12.4. The SMILES string of the molecule is COc1ccc(-c2csc(NC(=O)CCc3cnn(-c4ccccc4)c3)n2)c(OC)c1. The zero-order chi connectivity index (χ0) is 21.6. The lowest BCUT2D eigenvalue weighted by molar-refractivity contribution is -0.116. The molecule has 7 nitrogen and oxygen atoms in total. The number of thiazole rings is 1. The fourth-order valence-corrected chi connectivity index (χ4v) is 3.84. The Morgan fingerprint density at radius 3 is 2.74 bits per heavy atom. The van der Waals surface area contributed by atoms with Gasteiger partial charge >= 0.3 is 0 Å². The molecule has 4 rings (SSSR count). The monoisotopic (exact) mass is 434 g/mol. The maximum Gasteiger partial charge on any atom is 0.226 e. The van der Waals surface area contributed by atoms with E-state index in [0.29, 0.717) is 29.5 Å². The Morgan fingerprint density at radius 1 is 1.13 bits per heavy atom. The number of hydrogen-bond donors (Lipinski definition) is 1. The van der Waals surface area contributed by atoms with Crippen molar-refractivity contribution in [2.75, 3.05) is 19.5 Å². The predicted octanol–water partition coefficient (Wildman–Crippen LogP) is 4.58. The van der Waals surface area contributed by atoms with Gasteiger partial charge in [-0.1, -0.05) is 18.2 Å². The summed E-state index contributed by atoms with van der Waals surface area (Å²) < 4.78 is 12.5. The first-order chi connectivity index (χ1) is 15.2. The highest BCUT2D eigenvalue weighted by Crippen LogP contribution is 2.34. The normalized spacial score (nSPS) is 10.6. The molecule has 0 bridgehead atoms. The summed E-state index contributed by atoms with van der Waals surface area (Å²) in [5, 5.41) is 9.69. The van der Waals surface area contributed by atoms with E-state index in [2.05, 4.69) is 15.4 Å². The van der Waals surface area contributed by atoms with Gasteiger partial charge in [-0.2, -0.15) is 5.10 Å². The molecule has 1 N–H and O–H groups in total. The zero-order valence-electron chi connectivity index (χ0n) is 17.2. The van der Waals surface area contributed by atoms with Crippen molar-refractivity contribution >= 4 is 22.4 Å². The van der Waals surface area contributed by atoms with Gasteiger partial charge in [0.1, 0.15) is 11.5 Å². The first kappa shape index (κ1) is 20.6. The standard InChI is InChI=1S/C23H22N4O3S/c1-29-18-9-10-19(21(12-18)30-2)20-15-31-23(25-20)26-22(28)11-8-16-13-24-27(14-16)17-6-4-3-5-7-17/h3-7,9-10,12-15H,8,11H2,1-2H3,(H,25,26,28). The lowest BCUT2D eigenvalue weighted by Crippen LogP contribution is -2.12. The van der Waals surface area contributed by atoms with Gasteiger partial charge in [0.2, 0.25) is 5.91 Å². The molecule has 0 radical (unpaired) electrons. The highest BCUT2D eigenvalue weighted by Gasteiger charge is 2.13. The average molecular weight is 435 g/mol. The fourth-order valence-electron chi connectivity index (χ4n) is 3.12. The Balaban J connectivity index is 1.36. The van der Waals surface area contributed by atoms with Crippen LogP contribution in [0.25, 0.3) is 16.9 Å². The maximum absolute atomic E-state index is 12.4. The van der Waals surface area contributed by atoms with E-state index in [9.17, 15) is 4.79 Å². The van der Waals surface area contributed by atoms with E-state index in [0.717, 1.165) is 22.5 Å². The van der Waals surface area contributed by atoms with Gasteiger partial charge in [0.25, 0.3) is 0 Å². The van der Waals surface area contributed by atoms with Gasteiger partial charge in [-0.15, -0.1) is 11.3 Å². The smallest absolute Gasteiger partial charge is 0.226 e. The number of hydrogen-bond acceptors (Lipinski definition) is 6.